The van der Waals surface area contributed by atoms with E-state index in [1.54, 1.807) is 0 Å². The first-order valence-electron chi connectivity index (χ1n) is 5.40. The van der Waals surface area contributed by atoms with Crippen molar-refractivity contribution < 1.29 is 0 Å². The number of anilines is 2. The van der Waals surface area contributed by atoms with E-state index in [1.165, 1.54) is 16.9 Å². The molecule has 0 heterocycles. The van der Waals surface area contributed by atoms with Gasteiger partial charge in [0.15, 0.2) is 0 Å². The molecule has 1 aromatic carbocycles. The van der Waals surface area contributed by atoms with Gasteiger partial charge in [0.2, 0.25) is 0 Å². The fourth-order valence-corrected chi connectivity index (χ4v) is 1.68. The van der Waals surface area contributed by atoms with Crippen LogP contribution in [0.15, 0.2) is 18.2 Å². The van der Waals surface area contributed by atoms with Crippen molar-refractivity contribution in [1.29, 1.82) is 5.26 Å². The normalized spacial score (nSPS) is 9.69. The molecule has 3 heteroatoms. The maximum absolute atomic E-state index is 8.66. The molecule has 0 fully saturated rings. The lowest BCUT2D eigenvalue weighted by atomic mass is 10.1. The first-order chi connectivity index (χ1) is 7.56. The van der Waals surface area contributed by atoms with Crippen LogP contribution in [0.4, 0.5) is 11.4 Å². The van der Waals surface area contributed by atoms with Crippen LogP contribution >= 0.6 is 0 Å². The average molecular weight is 217 g/mol. The van der Waals surface area contributed by atoms with Crippen molar-refractivity contribution in [3.63, 3.8) is 0 Å². The van der Waals surface area contributed by atoms with E-state index in [9.17, 15) is 0 Å². The maximum atomic E-state index is 8.66. The van der Waals surface area contributed by atoms with Crippen LogP contribution in [-0.4, -0.2) is 28.2 Å². The molecular formula is C13H19N3. The van der Waals surface area contributed by atoms with Gasteiger partial charge < -0.3 is 9.80 Å². The lowest BCUT2D eigenvalue weighted by Gasteiger charge is -2.20. The Morgan fingerprint density at radius 2 is 1.81 bits per heavy atom. The van der Waals surface area contributed by atoms with E-state index >= 15 is 0 Å². The predicted octanol–water partition coefficient (Wildman–Crippen LogP) is 2.27. The predicted molar refractivity (Wildman–Crippen MR) is 69.0 cm³/mol. The topological polar surface area (TPSA) is 30.3 Å². The Bertz CT molecular complexity index is 389. The molecule has 1 rings (SSSR count). The van der Waals surface area contributed by atoms with Gasteiger partial charge in [-0.3, -0.25) is 0 Å². The molecule has 0 N–H and O–H groups in total. The summed E-state index contributed by atoms with van der Waals surface area (Å²) in [7, 11) is 8.11. The molecular weight excluding hydrogens is 198 g/mol. The van der Waals surface area contributed by atoms with Crippen LogP contribution < -0.4 is 9.80 Å². The van der Waals surface area contributed by atoms with Crippen LogP contribution in [0.3, 0.4) is 0 Å². The number of rotatable bonds is 4. The Balaban J connectivity index is 3.06. The van der Waals surface area contributed by atoms with Gasteiger partial charge in [0, 0.05) is 46.0 Å². The molecule has 0 saturated heterocycles. The van der Waals surface area contributed by atoms with E-state index in [1.807, 2.05) is 28.2 Å². The number of aryl methyl sites for hydroxylation is 1. The zero-order valence-electron chi connectivity index (χ0n) is 10.5. The summed E-state index contributed by atoms with van der Waals surface area (Å²) in [6.45, 7) is 0. The van der Waals surface area contributed by atoms with Crippen LogP contribution in [-0.2, 0) is 6.42 Å². The lowest BCUT2D eigenvalue weighted by molar-refractivity contribution is 0.982. The highest BCUT2D eigenvalue weighted by Gasteiger charge is 2.06. The molecule has 0 aliphatic heterocycles. The van der Waals surface area contributed by atoms with Crippen molar-refractivity contribution >= 4 is 11.4 Å². The molecule has 0 aliphatic rings. The van der Waals surface area contributed by atoms with Gasteiger partial charge in [0.05, 0.1) is 6.07 Å². The fourth-order valence-electron chi connectivity index (χ4n) is 1.68. The Morgan fingerprint density at radius 3 is 2.31 bits per heavy atom. The largest absolute Gasteiger partial charge is 0.378 e. The first kappa shape index (κ1) is 12.4. The summed E-state index contributed by atoms with van der Waals surface area (Å²) in [5, 5.41) is 8.66. The lowest BCUT2D eigenvalue weighted by Crippen LogP contribution is -2.13. The van der Waals surface area contributed by atoms with E-state index in [-0.39, 0.29) is 0 Å². The minimum atomic E-state index is 0.567. The van der Waals surface area contributed by atoms with Crippen molar-refractivity contribution in [2.45, 2.75) is 12.8 Å². The van der Waals surface area contributed by atoms with E-state index in [2.05, 4.69) is 34.1 Å². The van der Waals surface area contributed by atoms with Crippen LogP contribution in [0.2, 0.25) is 0 Å². The molecule has 0 unspecified atom stereocenters. The molecule has 0 radical (unpaired) electrons. The van der Waals surface area contributed by atoms with Gasteiger partial charge in [-0.1, -0.05) is 0 Å². The van der Waals surface area contributed by atoms with E-state index in [0.717, 1.165) is 6.42 Å². The molecule has 16 heavy (non-hydrogen) atoms. The SMILES string of the molecule is CN(C)c1ccc(N(C)C)c(CCC#N)c1. The minimum absolute atomic E-state index is 0.567. The Hall–Kier alpha value is -1.69. The van der Waals surface area contributed by atoms with Gasteiger partial charge >= 0.3 is 0 Å². The first-order valence-corrected chi connectivity index (χ1v) is 5.40. The quantitative estimate of drug-likeness (QED) is 0.775. The second kappa shape index (κ2) is 5.41. The van der Waals surface area contributed by atoms with Crippen LogP contribution in [0.5, 0.6) is 0 Å². The van der Waals surface area contributed by atoms with Gasteiger partial charge in [0.25, 0.3) is 0 Å². The van der Waals surface area contributed by atoms with Crippen LogP contribution in [0.1, 0.15) is 12.0 Å². The smallest absolute Gasteiger partial charge is 0.0625 e. The van der Waals surface area contributed by atoms with Crippen molar-refractivity contribution in [3.8, 4) is 6.07 Å². The minimum Gasteiger partial charge on any atom is -0.378 e. The van der Waals surface area contributed by atoms with Crippen molar-refractivity contribution in [3.05, 3.63) is 23.8 Å². The number of hydrogen-bond donors (Lipinski definition) is 0. The average Bonchev–Trinajstić information content (AvgIpc) is 2.25. The fraction of sp³-hybridized carbons (Fsp3) is 0.462. The van der Waals surface area contributed by atoms with Gasteiger partial charge in [0.1, 0.15) is 0 Å². The third-order valence-electron chi connectivity index (χ3n) is 2.57. The summed E-state index contributed by atoms with van der Waals surface area (Å²) in [5.41, 5.74) is 3.61. The van der Waals surface area contributed by atoms with Gasteiger partial charge in [-0.2, -0.15) is 5.26 Å². The summed E-state index contributed by atoms with van der Waals surface area (Å²) in [5.74, 6) is 0. The second-order valence-corrected chi connectivity index (χ2v) is 4.26. The summed E-state index contributed by atoms with van der Waals surface area (Å²) in [6.07, 6.45) is 1.38. The molecule has 0 saturated carbocycles. The molecule has 0 bridgehead atoms. The third-order valence-corrected chi connectivity index (χ3v) is 2.57. The number of nitriles is 1. The standard InChI is InChI=1S/C13H19N3/c1-15(2)12-7-8-13(16(3)4)11(10-12)6-5-9-14/h7-8,10H,5-6H2,1-4H3. The van der Waals surface area contributed by atoms with E-state index < -0.39 is 0 Å². The molecule has 0 amide bonds. The monoisotopic (exact) mass is 217 g/mol. The second-order valence-electron chi connectivity index (χ2n) is 4.26. The highest BCUT2D eigenvalue weighted by molar-refractivity contribution is 5.61. The van der Waals surface area contributed by atoms with Crippen LogP contribution in [0.25, 0.3) is 0 Å². The molecule has 0 aromatic heterocycles. The highest BCUT2D eigenvalue weighted by Crippen LogP contribution is 2.25. The van der Waals surface area contributed by atoms with Crippen molar-refractivity contribution in [2.75, 3.05) is 38.0 Å². The van der Waals surface area contributed by atoms with E-state index in [0.29, 0.717) is 6.42 Å². The van der Waals surface area contributed by atoms with Crippen molar-refractivity contribution in [2.24, 2.45) is 0 Å². The maximum Gasteiger partial charge on any atom is 0.0625 e. The third kappa shape index (κ3) is 2.90. The Labute approximate surface area is 97.9 Å². The van der Waals surface area contributed by atoms with Crippen molar-refractivity contribution in [1.82, 2.24) is 0 Å². The van der Waals surface area contributed by atoms with Gasteiger partial charge in [-0.25, -0.2) is 0 Å². The summed E-state index contributed by atoms with van der Waals surface area (Å²) < 4.78 is 0. The zero-order valence-corrected chi connectivity index (χ0v) is 10.5. The van der Waals surface area contributed by atoms with Gasteiger partial charge in [-0.15, -0.1) is 0 Å². The molecule has 0 atom stereocenters. The summed E-state index contributed by atoms with van der Waals surface area (Å²) in [4.78, 5) is 4.17. The molecule has 0 aliphatic carbocycles. The Morgan fingerprint density at radius 1 is 1.12 bits per heavy atom. The van der Waals surface area contributed by atoms with Gasteiger partial charge in [-0.05, 0) is 30.2 Å². The van der Waals surface area contributed by atoms with E-state index in [4.69, 9.17) is 5.26 Å². The highest BCUT2D eigenvalue weighted by atomic mass is 15.1. The number of nitrogens with zero attached hydrogens (tertiary/aromatic N) is 3. The number of benzene rings is 1. The molecule has 3 nitrogen and oxygen atoms in total. The zero-order chi connectivity index (χ0) is 12.1. The summed E-state index contributed by atoms with van der Waals surface area (Å²) in [6, 6.07) is 8.57. The van der Waals surface area contributed by atoms with Crippen LogP contribution in [0, 0.1) is 11.3 Å². The molecule has 0 spiro atoms. The Kier molecular flexibility index (Phi) is 4.19. The molecule has 1 aromatic rings. The molecule has 86 valence electrons. The number of hydrogen-bond acceptors (Lipinski definition) is 3. The summed E-state index contributed by atoms with van der Waals surface area (Å²) >= 11 is 0.